The fourth-order valence-electron chi connectivity index (χ4n) is 7.98. The number of carbonyl (C=O) groups is 1. The van der Waals surface area contributed by atoms with Crippen LogP contribution in [-0.2, 0) is 4.79 Å². The van der Waals surface area contributed by atoms with Crippen molar-refractivity contribution in [1.82, 2.24) is 0 Å². The van der Waals surface area contributed by atoms with Gasteiger partial charge in [-0.1, -0.05) is 58.4 Å². The molecule has 3 saturated carbocycles. The summed E-state index contributed by atoms with van der Waals surface area (Å²) in [5.74, 6) is 3.27. The highest BCUT2D eigenvalue weighted by atomic mass is 16.3. The van der Waals surface area contributed by atoms with Crippen molar-refractivity contribution in [3.8, 4) is 0 Å². The quantitative estimate of drug-likeness (QED) is 0.531. The van der Waals surface area contributed by atoms with Crippen LogP contribution >= 0.6 is 0 Å². The lowest BCUT2D eigenvalue weighted by Crippen LogP contribution is -2.54. The SMILES string of the molecule is CCCCCCC[C@@H]1CC2=CC(=O)CC[C@]2(C)[C@H]2CC[C@]3(C)[C@@H](O)CC[C@H]3[C@H]12. The monoisotopic (exact) mass is 386 g/mol. The second-order valence-electron chi connectivity index (χ2n) is 11.1. The largest absolute Gasteiger partial charge is 0.393 e. The molecule has 0 heterocycles. The zero-order chi connectivity index (χ0) is 19.9. The van der Waals surface area contributed by atoms with Gasteiger partial charge >= 0.3 is 0 Å². The molecular weight excluding hydrogens is 344 g/mol. The standard InChI is InChI=1S/C26H42O2/c1-4-5-6-7-8-9-18-16-19-17-20(27)12-14-25(19,2)22-13-15-26(3)21(24(18)22)10-11-23(26)28/h17-18,21-24,28H,4-16H2,1-3H3/t18-,21+,22+,23+,24+,25+,26+/m1/s1. The Labute approximate surface area is 172 Å². The van der Waals surface area contributed by atoms with Crippen LogP contribution in [0.25, 0.3) is 0 Å². The summed E-state index contributed by atoms with van der Waals surface area (Å²) in [7, 11) is 0. The van der Waals surface area contributed by atoms with Crippen LogP contribution in [0.2, 0.25) is 0 Å². The number of aliphatic hydroxyl groups is 1. The van der Waals surface area contributed by atoms with Crippen molar-refractivity contribution in [2.75, 3.05) is 0 Å². The molecule has 3 fully saturated rings. The van der Waals surface area contributed by atoms with Crippen LogP contribution in [0.3, 0.4) is 0 Å². The Kier molecular flexibility index (Phi) is 5.82. The van der Waals surface area contributed by atoms with Crippen LogP contribution in [0.1, 0.15) is 104 Å². The number of fused-ring (bicyclic) bond motifs is 5. The van der Waals surface area contributed by atoms with Crippen LogP contribution < -0.4 is 0 Å². The van der Waals surface area contributed by atoms with Crippen molar-refractivity contribution in [2.45, 2.75) is 110 Å². The molecule has 2 nitrogen and oxygen atoms in total. The molecule has 0 aliphatic heterocycles. The summed E-state index contributed by atoms with van der Waals surface area (Å²) in [6.07, 6.45) is 17.7. The molecule has 0 amide bonds. The van der Waals surface area contributed by atoms with E-state index in [9.17, 15) is 9.90 Å². The fraction of sp³-hybridized carbons (Fsp3) is 0.885. The highest BCUT2D eigenvalue weighted by Crippen LogP contribution is 2.67. The number of allylic oxidation sites excluding steroid dienone is 1. The van der Waals surface area contributed by atoms with Crippen LogP contribution in [0.5, 0.6) is 0 Å². The van der Waals surface area contributed by atoms with E-state index in [4.69, 9.17) is 0 Å². The van der Waals surface area contributed by atoms with E-state index in [0.29, 0.717) is 11.7 Å². The van der Waals surface area contributed by atoms with Gasteiger partial charge in [-0.3, -0.25) is 4.79 Å². The Morgan fingerprint density at radius 3 is 2.61 bits per heavy atom. The predicted molar refractivity (Wildman–Crippen MR) is 115 cm³/mol. The Hall–Kier alpha value is -0.630. The van der Waals surface area contributed by atoms with Gasteiger partial charge < -0.3 is 5.11 Å². The summed E-state index contributed by atoms with van der Waals surface area (Å²) in [6.45, 7) is 7.16. The van der Waals surface area contributed by atoms with Crippen molar-refractivity contribution in [3.05, 3.63) is 11.6 Å². The van der Waals surface area contributed by atoms with Crippen molar-refractivity contribution in [3.63, 3.8) is 0 Å². The minimum atomic E-state index is -0.0960. The molecule has 7 atom stereocenters. The third-order valence-corrected chi connectivity index (χ3v) is 9.77. The van der Waals surface area contributed by atoms with Gasteiger partial charge in [0, 0.05) is 6.42 Å². The van der Waals surface area contributed by atoms with Gasteiger partial charge in [-0.15, -0.1) is 0 Å². The van der Waals surface area contributed by atoms with Crippen LogP contribution in [0, 0.1) is 34.5 Å². The first-order chi connectivity index (χ1) is 13.4. The zero-order valence-electron chi connectivity index (χ0n) is 18.5. The summed E-state index contributed by atoms with van der Waals surface area (Å²) in [4.78, 5) is 12.2. The fourth-order valence-corrected chi connectivity index (χ4v) is 7.98. The van der Waals surface area contributed by atoms with E-state index in [1.807, 2.05) is 0 Å². The Morgan fingerprint density at radius 1 is 1.04 bits per heavy atom. The summed E-state index contributed by atoms with van der Waals surface area (Å²) < 4.78 is 0. The first-order valence-corrected chi connectivity index (χ1v) is 12.3. The molecular formula is C26H42O2. The van der Waals surface area contributed by atoms with Gasteiger partial charge in [0.1, 0.15) is 0 Å². The zero-order valence-corrected chi connectivity index (χ0v) is 18.5. The van der Waals surface area contributed by atoms with Gasteiger partial charge in [-0.2, -0.15) is 0 Å². The summed E-state index contributed by atoms with van der Waals surface area (Å²) in [5, 5.41) is 10.8. The number of rotatable bonds is 6. The Bertz CT molecular complexity index is 622. The molecule has 4 aliphatic carbocycles. The van der Waals surface area contributed by atoms with E-state index in [-0.39, 0.29) is 16.9 Å². The molecule has 0 aromatic heterocycles. The maximum absolute atomic E-state index is 12.2. The summed E-state index contributed by atoms with van der Waals surface area (Å²) in [5.41, 5.74) is 1.88. The predicted octanol–water partition coefficient (Wildman–Crippen LogP) is 6.47. The summed E-state index contributed by atoms with van der Waals surface area (Å²) >= 11 is 0. The number of unbranched alkanes of at least 4 members (excludes halogenated alkanes) is 4. The molecule has 2 heteroatoms. The number of carbonyl (C=O) groups excluding carboxylic acids is 1. The number of ketones is 1. The Balaban J connectivity index is 1.60. The average molecular weight is 387 g/mol. The molecule has 4 rings (SSSR count). The third kappa shape index (κ3) is 3.32. The lowest BCUT2D eigenvalue weighted by molar-refractivity contribution is -0.120. The molecule has 0 saturated heterocycles. The van der Waals surface area contributed by atoms with E-state index in [2.05, 4.69) is 26.8 Å². The smallest absolute Gasteiger partial charge is 0.155 e. The molecule has 158 valence electrons. The topological polar surface area (TPSA) is 37.3 Å². The Morgan fingerprint density at radius 2 is 1.82 bits per heavy atom. The van der Waals surface area contributed by atoms with Crippen molar-refractivity contribution in [2.24, 2.45) is 34.5 Å². The van der Waals surface area contributed by atoms with Crippen LogP contribution in [0.4, 0.5) is 0 Å². The van der Waals surface area contributed by atoms with E-state index in [0.717, 1.165) is 43.4 Å². The molecule has 28 heavy (non-hydrogen) atoms. The normalized spacial score (nSPS) is 45.2. The highest BCUT2D eigenvalue weighted by Gasteiger charge is 2.60. The highest BCUT2D eigenvalue weighted by molar-refractivity contribution is 5.91. The first kappa shape index (κ1) is 20.6. The number of aliphatic hydroxyl groups excluding tert-OH is 1. The average Bonchev–Trinajstić information content (AvgIpc) is 2.97. The van der Waals surface area contributed by atoms with E-state index >= 15 is 0 Å². The minimum Gasteiger partial charge on any atom is -0.393 e. The third-order valence-electron chi connectivity index (χ3n) is 9.77. The van der Waals surface area contributed by atoms with Gasteiger partial charge in [0.2, 0.25) is 0 Å². The van der Waals surface area contributed by atoms with Crippen molar-refractivity contribution < 1.29 is 9.90 Å². The van der Waals surface area contributed by atoms with Gasteiger partial charge in [-0.05, 0) is 85.5 Å². The second kappa shape index (κ2) is 7.89. The van der Waals surface area contributed by atoms with Crippen molar-refractivity contribution in [1.29, 1.82) is 0 Å². The second-order valence-corrected chi connectivity index (χ2v) is 11.1. The van der Waals surface area contributed by atoms with Crippen LogP contribution in [-0.4, -0.2) is 17.0 Å². The number of hydrogen-bond acceptors (Lipinski definition) is 2. The molecule has 0 bridgehead atoms. The van der Waals surface area contributed by atoms with E-state index in [1.54, 1.807) is 0 Å². The number of hydrogen-bond donors (Lipinski definition) is 1. The molecule has 4 aliphatic rings. The lowest BCUT2D eigenvalue weighted by Gasteiger charge is -2.60. The van der Waals surface area contributed by atoms with E-state index in [1.165, 1.54) is 63.4 Å². The van der Waals surface area contributed by atoms with Gasteiger partial charge in [-0.25, -0.2) is 0 Å². The molecule has 0 spiro atoms. The van der Waals surface area contributed by atoms with Gasteiger partial charge in [0.05, 0.1) is 6.10 Å². The minimum absolute atomic E-state index is 0.0960. The molecule has 1 N–H and O–H groups in total. The molecule has 0 unspecified atom stereocenters. The first-order valence-electron chi connectivity index (χ1n) is 12.3. The van der Waals surface area contributed by atoms with Gasteiger partial charge in [0.25, 0.3) is 0 Å². The lowest BCUT2D eigenvalue weighted by atomic mass is 9.44. The maximum atomic E-state index is 12.2. The summed E-state index contributed by atoms with van der Waals surface area (Å²) in [6, 6.07) is 0. The molecule has 0 aromatic carbocycles. The molecule has 0 aromatic rings. The van der Waals surface area contributed by atoms with Crippen LogP contribution in [0.15, 0.2) is 11.6 Å². The maximum Gasteiger partial charge on any atom is 0.155 e. The van der Waals surface area contributed by atoms with E-state index < -0.39 is 0 Å². The van der Waals surface area contributed by atoms with Crippen molar-refractivity contribution >= 4 is 5.78 Å². The molecule has 0 radical (unpaired) electrons. The van der Waals surface area contributed by atoms with Gasteiger partial charge in [0.15, 0.2) is 5.78 Å².